The third-order valence-corrected chi connectivity index (χ3v) is 2.97. The minimum Gasteiger partial charge on any atom is -0.480 e. The molecule has 0 amide bonds. The van der Waals surface area contributed by atoms with E-state index in [1.807, 2.05) is 30.4 Å². The first-order valence-corrected chi connectivity index (χ1v) is 6.29. The van der Waals surface area contributed by atoms with E-state index >= 15 is 0 Å². The molecule has 1 aromatic heterocycles. The zero-order valence-electron chi connectivity index (χ0n) is 11.2. The minimum atomic E-state index is -0.881. The number of benzene rings is 1. The third-order valence-electron chi connectivity index (χ3n) is 2.97. The molecule has 0 fully saturated rings. The maximum Gasteiger partial charge on any atom is 0.323 e. The van der Waals surface area contributed by atoms with Crippen molar-refractivity contribution in [1.82, 2.24) is 9.55 Å². The Morgan fingerprint density at radius 1 is 1.35 bits per heavy atom. The van der Waals surface area contributed by atoms with E-state index in [1.54, 1.807) is 10.9 Å². The van der Waals surface area contributed by atoms with Gasteiger partial charge in [-0.05, 0) is 18.2 Å². The van der Waals surface area contributed by atoms with Gasteiger partial charge in [0.1, 0.15) is 6.54 Å². The average Bonchev–Trinajstić information content (AvgIpc) is 2.80. The summed E-state index contributed by atoms with van der Waals surface area (Å²) in [5.41, 5.74) is 2.60. The van der Waals surface area contributed by atoms with E-state index in [0.29, 0.717) is 13.1 Å². The normalized spacial score (nSPS) is 10.4. The number of carboxylic acids is 1. The van der Waals surface area contributed by atoms with Crippen LogP contribution in [0.4, 0.5) is 5.69 Å². The van der Waals surface area contributed by atoms with Crippen molar-refractivity contribution in [3.63, 3.8) is 0 Å². The maximum absolute atomic E-state index is 10.8. The molecule has 0 saturated heterocycles. The lowest BCUT2D eigenvalue weighted by atomic mass is 10.2. The summed E-state index contributed by atoms with van der Waals surface area (Å²) in [5.74, 6) is -0.881. The molecule has 1 aromatic carbocycles. The standard InChI is InChI=1S/C15H17N3O2/c1-3-7-17(8-4-2)12-5-6-14-13(9-12)16-11-18(14)10-15(19)20/h3-6,9,11H,1-2,7-8,10H2,(H,19,20). The predicted octanol–water partition coefficient (Wildman–Crippen LogP) is 2.30. The number of fused-ring (bicyclic) bond motifs is 1. The van der Waals surface area contributed by atoms with Gasteiger partial charge in [0.05, 0.1) is 17.4 Å². The van der Waals surface area contributed by atoms with Crippen molar-refractivity contribution in [1.29, 1.82) is 0 Å². The highest BCUT2D eigenvalue weighted by Crippen LogP contribution is 2.21. The molecule has 0 aliphatic rings. The summed E-state index contributed by atoms with van der Waals surface area (Å²) < 4.78 is 1.62. The van der Waals surface area contributed by atoms with Crippen molar-refractivity contribution in [2.24, 2.45) is 0 Å². The smallest absolute Gasteiger partial charge is 0.323 e. The first kappa shape index (κ1) is 13.9. The van der Waals surface area contributed by atoms with Gasteiger partial charge in [-0.1, -0.05) is 12.2 Å². The van der Waals surface area contributed by atoms with E-state index in [1.165, 1.54) is 0 Å². The van der Waals surface area contributed by atoms with Crippen molar-refractivity contribution in [3.05, 3.63) is 49.8 Å². The Bertz CT molecular complexity index is 636. The number of carboxylic acid groups (broad SMARTS) is 1. The van der Waals surface area contributed by atoms with Crippen molar-refractivity contribution in [3.8, 4) is 0 Å². The van der Waals surface area contributed by atoms with Crippen LogP contribution < -0.4 is 4.90 Å². The highest BCUT2D eigenvalue weighted by molar-refractivity contribution is 5.81. The van der Waals surface area contributed by atoms with Crippen LogP contribution in [0, 0.1) is 0 Å². The highest BCUT2D eigenvalue weighted by atomic mass is 16.4. The lowest BCUT2D eigenvalue weighted by Crippen LogP contribution is -2.22. The second-order valence-electron chi connectivity index (χ2n) is 4.42. The Kier molecular flexibility index (Phi) is 4.20. The van der Waals surface area contributed by atoms with Crippen molar-refractivity contribution >= 4 is 22.7 Å². The molecule has 1 N–H and O–H groups in total. The fourth-order valence-electron chi connectivity index (χ4n) is 2.12. The van der Waals surface area contributed by atoms with Gasteiger partial charge in [-0.25, -0.2) is 4.98 Å². The molecule has 1 heterocycles. The average molecular weight is 271 g/mol. The van der Waals surface area contributed by atoms with Gasteiger partial charge in [0.15, 0.2) is 0 Å². The van der Waals surface area contributed by atoms with E-state index in [9.17, 15) is 4.79 Å². The Morgan fingerprint density at radius 3 is 2.65 bits per heavy atom. The number of aliphatic carboxylic acids is 1. The number of anilines is 1. The van der Waals surface area contributed by atoms with Gasteiger partial charge in [-0.2, -0.15) is 0 Å². The number of hydrogen-bond acceptors (Lipinski definition) is 3. The topological polar surface area (TPSA) is 58.4 Å². The van der Waals surface area contributed by atoms with Crippen LogP contribution >= 0.6 is 0 Å². The largest absolute Gasteiger partial charge is 0.480 e. The zero-order chi connectivity index (χ0) is 14.5. The molecule has 0 atom stereocenters. The molecule has 104 valence electrons. The molecule has 0 radical (unpaired) electrons. The second kappa shape index (κ2) is 6.06. The van der Waals surface area contributed by atoms with Crippen LogP contribution in [0.3, 0.4) is 0 Å². The predicted molar refractivity (Wildman–Crippen MR) is 80.0 cm³/mol. The van der Waals surface area contributed by atoms with Gasteiger partial charge in [0, 0.05) is 18.8 Å². The van der Waals surface area contributed by atoms with E-state index < -0.39 is 5.97 Å². The van der Waals surface area contributed by atoms with Crippen LogP contribution in [-0.4, -0.2) is 33.7 Å². The van der Waals surface area contributed by atoms with Gasteiger partial charge in [-0.15, -0.1) is 13.2 Å². The van der Waals surface area contributed by atoms with Crippen LogP contribution in [0.2, 0.25) is 0 Å². The fourth-order valence-corrected chi connectivity index (χ4v) is 2.12. The first-order valence-electron chi connectivity index (χ1n) is 6.29. The quantitative estimate of drug-likeness (QED) is 0.785. The van der Waals surface area contributed by atoms with Crippen LogP contribution in [0.15, 0.2) is 49.8 Å². The number of aromatic nitrogens is 2. The Balaban J connectivity index is 2.36. The molecule has 2 aromatic rings. The first-order chi connectivity index (χ1) is 9.65. The molecule has 2 rings (SSSR count). The maximum atomic E-state index is 10.8. The van der Waals surface area contributed by atoms with E-state index in [-0.39, 0.29) is 6.54 Å². The Hall–Kier alpha value is -2.56. The number of nitrogens with zero attached hydrogens (tertiary/aromatic N) is 3. The SMILES string of the molecule is C=CCN(CC=C)c1ccc2c(c1)ncn2CC(=O)O. The molecule has 0 bridgehead atoms. The van der Waals surface area contributed by atoms with Crippen LogP contribution in [0.1, 0.15) is 0 Å². The van der Waals surface area contributed by atoms with Crippen LogP contribution in [0.25, 0.3) is 11.0 Å². The third kappa shape index (κ3) is 2.88. The van der Waals surface area contributed by atoms with E-state index in [2.05, 4.69) is 23.0 Å². The number of hydrogen-bond donors (Lipinski definition) is 1. The van der Waals surface area contributed by atoms with E-state index in [0.717, 1.165) is 16.7 Å². The van der Waals surface area contributed by atoms with Gasteiger partial charge in [-0.3, -0.25) is 4.79 Å². The molecule has 5 heteroatoms. The molecule has 0 spiro atoms. The summed E-state index contributed by atoms with van der Waals surface area (Å²) >= 11 is 0. The minimum absolute atomic E-state index is 0.0844. The summed E-state index contributed by atoms with van der Waals surface area (Å²) in [6, 6.07) is 5.79. The molecule has 20 heavy (non-hydrogen) atoms. The molecular formula is C15H17N3O2. The number of rotatable bonds is 7. The van der Waals surface area contributed by atoms with Gasteiger partial charge in [0.2, 0.25) is 0 Å². The number of imidazole rings is 1. The monoisotopic (exact) mass is 271 g/mol. The van der Waals surface area contributed by atoms with Crippen molar-refractivity contribution in [2.75, 3.05) is 18.0 Å². The molecule has 0 unspecified atom stereocenters. The fraction of sp³-hybridized carbons (Fsp3) is 0.200. The van der Waals surface area contributed by atoms with Gasteiger partial charge < -0.3 is 14.6 Å². The molecular weight excluding hydrogens is 254 g/mol. The molecule has 0 saturated carbocycles. The summed E-state index contributed by atoms with van der Waals surface area (Å²) in [4.78, 5) is 17.1. The zero-order valence-corrected chi connectivity index (χ0v) is 11.2. The summed E-state index contributed by atoms with van der Waals surface area (Å²) in [6.45, 7) is 8.84. The van der Waals surface area contributed by atoms with Crippen molar-refractivity contribution in [2.45, 2.75) is 6.54 Å². The summed E-state index contributed by atoms with van der Waals surface area (Å²) in [5, 5.41) is 8.85. The van der Waals surface area contributed by atoms with Crippen LogP contribution in [0.5, 0.6) is 0 Å². The molecule has 0 aliphatic carbocycles. The van der Waals surface area contributed by atoms with Crippen LogP contribution in [-0.2, 0) is 11.3 Å². The summed E-state index contributed by atoms with van der Waals surface area (Å²) in [7, 11) is 0. The van der Waals surface area contributed by atoms with E-state index in [4.69, 9.17) is 5.11 Å². The Labute approximate surface area is 117 Å². The number of carbonyl (C=O) groups is 1. The Morgan fingerprint density at radius 2 is 2.05 bits per heavy atom. The lowest BCUT2D eigenvalue weighted by molar-refractivity contribution is -0.137. The highest BCUT2D eigenvalue weighted by Gasteiger charge is 2.09. The van der Waals surface area contributed by atoms with Crippen molar-refractivity contribution < 1.29 is 9.90 Å². The molecule has 5 nitrogen and oxygen atoms in total. The van der Waals surface area contributed by atoms with Gasteiger partial charge in [0.25, 0.3) is 0 Å². The second-order valence-corrected chi connectivity index (χ2v) is 4.42. The molecule has 0 aliphatic heterocycles. The lowest BCUT2D eigenvalue weighted by Gasteiger charge is -2.21. The summed E-state index contributed by atoms with van der Waals surface area (Å²) in [6.07, 6.45) is 5.21. The van der Waals surface area contributed by atoms with Gasteiger partial charge >= 0.3 is 5.97 Å².